The Morgan fingerprint density at radius 1 is 1.33 bits per heavy atom. The number of ether oxygens (including phenoxy) is 1. The molecule has 1 aliphatic carbocycles. The fourth-order valence-corrected chi connectivity index (χ4v) is 4.22. The van der Waals surface area contributed by atoms with E-state index in [-0.39, 0.29) is 11.5 Å². The SMILES string of the molecule is CCCNC1CC(Oc2ccc(Cl)cc2Br)C1(CC)CC. The van der Waals surface area contributed by atoms with Gasteiger partial charge in [-0.2, -0.15) is 0 Å². The van der Waals surface area contributed by atoms with Crippen molar-refractivity contribution in [1.82, 2.24) is 5.32 Å². The van der Waals surface area contributed by atoms with Crippen molar-refractivity contribution < 1.29 is 4.74 Å². The van der Waals surface area contributed by atoms with Crippen LogP contribution in [0.5, 0.6) is 5.75 Å². The van der Waals surface area contributed by atoms with E-state index in [4.69, 9.17) is 16.3 Å². The lowest BCUT2D eigenvalue weighted by atomic mass is 9.58. The van der Waals surface area contributed by atoms with E-state index in [9.17, 15) is 0 Å². The topological polar surface area (TPSA) is 21.3 Å². The number of halogens is 2. The van der Waals surface area contributed by atoms with Crippen LogP contribution in [0.25, 0.3) is 0 Å². The summed E-state index contributed by atoms with van der Waals surface area (Å²) >= 11 is 9.54. The Morgan fingerprint density at radius 2 is 2.05 bits per heavy atom. The fraction of sp³-hybridized carbons (Fsp3) is 0.647. The molecule has 1 aromatic rings. The third-order valence-corrected chi connectivity index (χ3v) is 5.76. The molecule has 2 nitrogen and oxygen atoms in total. The largest absolute Gasteiger partial charge is 0.489 e. The number of hydrogen-bond acceptors (Lipinski definition) is 2. The Morgan fingerprint density at radius 3 is 2.62 bits per heavy atom. The van der Waals surface area contributed by atoms with E-state index in [1.54, 1.807) is 0 Å². The van der Waals surface area contributed by atoms with Crippen molar-refractivity contribution in [3.05, 3.63) is 27.7 Å². The van der Waals surface area contributed by atoms with Crippen molar-refractivity contribution in [1.29, 1.82) is 0 Å². The lowest BCUT2D eigenvalue weighted by molar-refractivity contribution is -0.0861. The molecular weight excluding hydrogens is 350 g/mol. The van der Waals surface area contributed by atoms with Gasteiger partial charge in [0.1, 0.15) is 11.9 Å². The molecule has 2 rings (SSSR count). The van der Waals surface area contributed by atoms with Gasteiger partial charge in [-0.3, -0.25) is 0 Å². The van der Waals surface area contributed by atoms with Crippen LogP contribution in [0.2, 0.25) is 5.02 Å². The van der Waals surface area contributed by atoms with Crippen LogP contribution in [0.4, 0.5) is 0 Å². The maximum Gasteiger partial charge on any atom is 0.134 e. The Hall–Kier alpha value is -0.250. The lowest BCUT2D eigenvalue weighted by Gasteiger charge is -2.55. The first kappa shape index (κ1) is 17.1. The van der Waals surface area contributed by atoms with Crippen LogP contribution in [0, 0.1) is 5.41 Å². The molecule has 0 aliphatic heterocycles. The molecule has 1 aromatic carbocycles. The molecule has 0 radical (unpaired) electrons. The molecule has 118 valence electrons. The maximum absolute atomic E-state index is 6.30. The second-order valence-corrected chi connectivity index (χ2v) is 7.15. The molecule has 4 heteroatoms. The summed E-state index contributed by atoms with van der Waals surface area (Å²) in [5.41, 5.74) is 0.244. The zero-order chi connectivity index (χ0) is 15.5. The van der Waals surface area contributed by atoms with E-state index in [2.05, 4.69) is 42.0 Å². The summed E-state index contributed by atoms with van der Waals surface area (Å²) in [5.74, 6) is 0.893. The third kappa shape index (κ3) is 3.40. The number of rotatable bonds is 7. The van der Waals surface area contributed by atoms with Gasteiger partial charge in [-0.05, 0) is 59.9 Å². The first-order chi connectivity index (χ1) is 10.1. The minimum atomic E-state index is 0.244. The van der Waals surface area contributed by atoms with Crippen LogP contribution in [0.1, 0.15) is 46.5 Å². The highest BCUT2D eigenvalue weighted by molar-refractivity contribution is 9.10. The summed E-state index contributed by atoms with van der Waals surface area (Å²) in [7, 11) is 0. The molecule has 0 heterocycles. The van der Waals surface area contributed by atoms with Gasteiger partial charge in [0, 0.05) is 22.9 Å². The highest BCUT2D eigenvalue weighted by Crippen LogP contribution is 2.49. The zero-order valence-corrected chi connectivity index (χ0v) is 15.4. The average molecular weight is 375 g/mol. The van der Waals surface area contributed by atoms with Crippen molar-refractivity contribution in [2.75, 3.05) is 6.54 Å². The van der Waals surface area contributed by atoms with Gasteiger partial charge in [-0.1, -0.05) is 32.4 Å². The molecule has 1 fully saturated rings. The molecule has 21 heavy (non-hydrogen) atoms. The highest BCUT2D eigenvalue weighted by Gasteiger charge is 2.54. The molecule has 1 aliphatic rings. The number of nitrogens with one attached hydrogen (secondary N) is 1. The molecule has 1 saturated carbocycles. The van der Waals surface area contributed by atoms with Crippen LogP contribution in [-0.2, 0) is 0 Å². The van der Waals surface area contributed by atoms with Gasteiger partial charge >= 0.3 is 0 Å². The van der Waals surface area contributed by atoms with Crippen LogP contribution < -0.4 is 10.1 Å². The quantitative estimate of drug-likeness (QED) is 0.687. The summed E-state index contributed by atoms with van der Waals surface area (Å²) in [6.45, 7) is 7.85. The Kier molecular flexibility index (Phi) is 5.98. The van der Waals surface area contributed by atoms with E-state index in [0.29, 0.717) is 6.04 Å². The van der Waals surface area contributed by atoms with Crippen LogP contribution in [0.15, 0.2) is 22.7 Å². The average Bonchev–Trinajstić information content (AvgIpc) is 2.45. The van der Waals surface area contributed by atoms with Crippen molar-refractivity contribution in [2.24, 2.45) is 5.41 Å². The van der Waals surface area contributed by atoms with E-state index in [1.165, 1.54) is 6.42 Å². The Labute approximate surface area is 141 Å². The van der Waals surface area contributed by atoms with Crippen LogP contribution in [-0.4, -0.2) is 18.7 Å². The number of hydrogen-bond donors (Lipinski definition) is 1. The highest BCUT2D eigenvalue weighted by atomic mass is 79.9. The molecule has 0 aromatic heterocycles. The monoisotopic (exact) mass is 373 g/mol. The number of benzene rings is 1. The smallest absolute Gasteiger partial charge is 0.134 e. The first-order valence-corrected chi connectivity index (χ1v) is 9.09. The van der Waals surface area contributed by atoms with Gasteiger partial charge in [0.2, 0.25) is 0 Å². The van der Waals surface area contributed by atoms with Gasteiger partial charge in [-0.25, -0.2) is 0 Å². The van der Waals surface area contributed by atoms with Crippen LogP contribution >= 0.6 is 27.5 Å². The first-order valence-electron chi connectivity index (χ1n) is 7.92. The van der Waals surface area contributed by atoms with Gasteiger partial charge in [0.05, 0.1) is 4.47 Å². The normalized spacial score (nSPS) is 23.7. The third-order valence-electron chi connectivity index (χ3n) is 4.91. The lowest BCUT2D eigenvalue weighted by Crippen LogP contribution is -2.64. The Balaban J connectivity index is 2.09. The summed E-state index contributed by atoms with van der Waals surface area (Å²) in [4.78, 5) is 0. The Bertz CT molecular complexity index is 476. The second-order valence-electron chi connectivity index (χ2n) is 5.86. The summed E-state index contributed by atoms with van der Waals surface area (Å²) < 4.78 is 7.23. The van der Waals surface area contributed by atoms with Gasteiger partial charge < -0.3 is 10.1 Å². The molecular formula is C17H25BrClNO. The van der Waals surface area contributed by atoms with E-state index in [0.717, 1.165) is 41.1 Å². The molecule has 1 N–H and O–H groups in total. The fourth-order valence-electron chi connectivity index (χ4n) is 3.44. The van der Waals surface area contributed by atoms with Gasteiger partial charge in [0.25, 0.3) is 0 Å². The van der Waals surface area contributed by atoms with Crippen LogP contribution in [0.3, 0.4) is 0 Å². The summed E-state index contributed by atoms with van der Waals surface area (Å²) in [5, 5.41) is 4.41. The molecule has 0 bridgehead atoms. The minimum Gasteiger partial charge on any atom is -0.489 e. The summed E-state index contributed by atoms with van der Waals surface area (Å²) in [6, 6.07) is 6.30. The molecule has 0 spiro atoms. The molecule has 2 unspecified atom stereocenters. The predicted octanol–water partition coefficient (Wildman–Crippen LogP) is 5.43. The summed E-state index contributed by atoms with van der Waals surface area (Å²) in [6.07, 6.45) is 4.81. The van der Waals surface area contributed by atoms with Crippen molar-refractivity contribution in [3.8, 4) is 5.75 Å². The van der Waals surface area contributed by atoms with E-state index in [1.807, 2.05) is 18.2 Å². The predicted molar refractivity (Wildman–Crippen MR) is 93.3 cm³/mol. The van der Waals surface area contributed by atoms with E-state index < -0.39 is 0 Å². The standard InChI is InChI=1S/C17H25BrClNO/c1-4-9-20-15-11-16(17(15,5-2)6-3)21-14-8-7-12(19)10-13(14)18/h7-8,10,15-16,20H,4-6,9,11H2,1-3H3. The maximum atomic E-state index is 6.30. The van der Waals surface area contributed by atoms with Gasteiger partial charge in [0.15, 0.2) is 0 Å². The van der Waals surface area contributed by atoms with E-state index >= 15 is 0 Å². The minimum absolute atomic E-state index is 0.244. The van der Waals surface area contributed by atoms with Crippen molar-refractivity contribution in [2.45, 2.75) is 58.6 Å². The van der Waals surface area contributed by atoms with Crippen molar-refractivity contribution in [3.63, 3.8) is 0 Å². The zero-order valence-electron chi connectivity index (χ0n) is 13.1. The molecule has 0 amide bonds. The van der Waals surface area contributed by atoms with Crippen molar-refractivity contribution >= 4 is 27.5 Å². The second kappa shape index (κ2) is 7.34. The van der Waals surface area contributed by atoms with Gasteiger partial charge in [-0.15, -0.1) is 0 Å². The molecule has 0 saturated heterocycles. The molecule has 2 atom stereocenters.